The first-order chi connectivity index (χ1) is 16.1. The van der Waals surface area contributed by atoms with Crippen LogP contribution in [-0.4, -0.2) is 73.7 Å². The van der Waals surface area contributed by atoms with Crippen LogP contribution in [0.3, 0.4) is 0 Å². The fourth-order valence-corrected chi connectivity index (χ4v) is 5.17. The molecule has 0 spiro atoms. The standard InChI is InChI=1S/C25H27N3O5/c1-31-12-11-27-14-21(29)28-19(25(27)30)13-17-15-7-4-5-9-18(15)26-22(17)23(28)16-8-6-10-20(32-2)24(16)33-3/h4-10,19,23,26H,11-14H2,1-3H3. The molecule has 1 fully saturated rings. The lowest BCUT2D eigenvalue weighted by atomic mass is 9.85. The first-order valence-corrected chi connectivity index (χ1v) is 11.0. The molecule has 0 aliphatic carbocycles. The van der Waals surface area contributed by atoms with Gasteiger partial charge in [0, 0.05) is 42.2 Å². The highest BCUT2D eigenvalue weighted by Crippen LogP contribution is 2.46. The minimum atomic E-state index is -0.601. The Morgan fingerprint density at radius 1 is 1.03 bits per heavy atom. The minimum absolute atomic E-state index is 0.0248. The van der Waals surface area contributed by atoms with E-state index in [1.807, 2.05) is 36.4 Å². The van der Waals surface area contributed by atoms with Gasteiger partial charge in [0.1, 0.15) is 12.1 Å². The average Bonchev–Trinajstić information content (AvgIpc) is 3.22. The van der Waals surface area contributed by atoms with Gasteiger partial charge in [0.05, 0.1) is 27.4 Å². The third-order valence-corrected chi connectivity index (χ3v) is 6.64. The summed E-state index contributed by atoms with van der Waals surface area (Å²) in [7, 11) is 4.76. The van der Waals surface area contributed by atoms with Crippen LogP contribution in [-0.2, 0) is 20.7 Å². The van der Waals surface area contributed by atoms with E-state index in [4.69, 9.17) is 14.2 Å². The molecule has 1 N–H and O–H groups in total. The van der Waals surface area contributed by atoms with Crippen LogP contribution < -0.4 is 9.47 Å². The number of piperazine rings is 1. The fraction of sp³-hybridized carbons (Fsp3) is 0.360. The van der Waals surface area contributed by atoms with Crippen LogP contribution in [0.1, 0.15) is 22.9 Å². The number of hydrogen-bond donors (Lipinski definition) is 1. The van der Waals surface area contributed by atoms with Crippen LogP contribution in [0.2, 0.25) is 0 Å². The summed E-state index contributed by atoms with van der Waals surface area (Å²) in [5.74, 6) is 0.967. The van der Waals surface area contributed by atoms with Crippen molar-refractivity contribution in [2.75, 3.05) is 41.0 Å². The van der Waals surface area contributed by atoms with Gasteiger partial charge < -0.3 is 29.0 Å². The molecule has 8 nitrogen and oxygen atoms in total. The van der Waals surface area contributed by atoms with Crippen molar-refractivity contribution in [3.63, 3.8) is 0 Å². The highest BCUT2D eigenvalue weighted by Gasteiger charge is 2.48. The lowest BCUT2D eigenvalue weighted by molar-refractivity contribution is -0.159. The number of fused-ring (bicyclic) bond motifs is 4. The molecule has 2 aliphatic rings. The zero-order valence-electron chi connectivity index (χ0n) is 19.0. The van der Waals surface area contributed by atoms with Crippen LogP contribution in [0.15, 0.2) is 42.5 Å². The van der Waals surface area contributed by atoms with Gasteiger partial charge in [0.2, 0.25) is 11.8 Å². The maximum absolute atomic E-state index is 13.5. The fourth-order valence-electron chi connectivity index (χ4n) is 5.17. The van der Waals surface area contributed by atoms with Crippen LogP contribution in [0.5, 0.6) is 11.5 Å². The van der Waals surface area contributed by atoms with Crippen molar-refractivity contribution in [1.29, 1.82) is 0 Å². The largest absolute Gasteiger partial charge is 0.493 e. The molecule has 2 aliphatic heterocycles. The number of hydrogen-bond acceptors (Lipinski definition) is 5. The number of amides is 2. The zero-order valence-corrected chi connectivity index (χ0v) is 19.0. The number of aromatic amines is 1. The summed E-state index contributed by atoms with van der Waals surface area (Å²) in [5.41, 5.74) is 3.72. The highest BCUT2D eigenvalue weighted by molar-refractivity contribution is 5.97. The van der Waals surface area contributed by atoms with E-state index in [1.54, 1.807) is 31.1 Å². The number of para-hydroxylation sites is 2. The van der Waals surface area contributed by atoms with Crippen LogP contribution in [0.4, 0.5) is 0 Å². The van der Waals surface area contributed by atoms with E-state index in [2.05, 4.69) is 11.1 Å². The maximum Gasteiger partial charge on any atom is 0.246 e. The molecule has 0 radical (unpaired) electrons. The predicted octanol–water partition coefficient (Wildman–Crippen LogP) is 2.52. The van der Waals surface area contributed by atoms with Gasteiger partial charge in [-0.25, -0.2) is 0 Å². The van der Waals surface area contributed by atoms with Gasteiger partial charge in [-0.3, -0.25) is 9.59 Å². The van der Waals surface area contributed by atoms with Gasteiger partial charge in [0.25, 0.3) is 0 Å². The molecule has 2 amide bonds. The van der Waals surface area contributed by atoms with Crippen molar-refractivity contribution in [1.82, 2.24) is 14.8 Å². The second-order valence-electron chi connectivity index (χ2n) is 8.32. The Kier molecular flexibility index (Phi) is 5.46. The minimum Gasteiger partial charge on any atom is -0.493 e. The Hall–Kier alpha value is -3.52. The first-order valence-electron chi connectivity index (χ1n) is 11.0. The lowest BCUT2D eigenvalue weighted by Crippen LogP contribution is -2.63. The van der Waals surface area contributed by atoms with E-state index in [0.717, 1.165) is 27.7 Å². The Labute approximate surface area is 192 Å². The van der Waals surface area contributed by atoms with Crippen molar-refractivity contribution in [2.45, 2.75) is 18.5 Å². The van der Waals surface area contributed by atoms with E-state index < -0.39 is 12.1 Å². The summed E-state index contributed by atoms with van der Waals surface area (Å²) in [4.78, 5) is 33.9. The summed E-state index contributed by atoms with van der Waals surface area (Å²) in [6, 6.07) is 12.6. The Morgan fingerprint density at radius 2 is 1.85 bits per heavy atom. The summed E-state index contributed by atoms with van der Waals surface area (Å²) < 4.78 is 16.4. The smallest absolute Gasteiger partial charge is 0.246 e. The van der Waals surface area contributed by atoms with E-state index in [0.29, 0.717) is 31.1 Å². The van der Waals surface area contributed by atoms with E-state index in [-0.39, 0.29) is 18.4 Å². The van der Waals surface area contributed by atoms with Crippen LogP contribution in [0.25, 0.3) is 10.9 Å². The SMILES string of the molecule is COCCN1CC(=O)N2C(Cc3c([nH]c4ccccc34)C2c2cccc(OC)c2OC)C1=O. The summed E-state index contributed by atoms with van der Waals surface area (Å²) >= 11 is 0. The molecule has 1 saturated heterocycles. The predicted molar refractivity (Wildman–Crippen MR) is 122 cm³/mol. The number of benzene rings is 2. The first kappa shape index (κ1) is 21.3. The number of carbonyl (C=O) groups excluding carboxylic acids is 2. The molecule has 2 aromatic carbocycles. The number of H-pyrrole nitrogens is 1. The normalized spacial score (nSPS) is 20.1. The number of ether oxygens (including phenoxy) is 3. The molecular formula is C25H27N3O5. The molecule has 1 aromatic heterocycles. The summed E-state index contributed by atoms with van der Waals surface area (Å²) in [5, 5.41) is 1.06. The number of nitrogens with one attached hydrogen (secondary N) is 1. The van der Waals surface area contributed by atoms with Crippen molar-refractivity contribution < 1.29 is 23.8 Å². The number of aromatic nitrogens is 1. The molecule has 172 valence electrons. The molecular weight excluding hydrogens is 422 g/mol. The van der Waals surface area contributed by atoms with Crippen LogP contribution in [0, 0.1) is 0 Å². The van der Waals surface area contributed by atoms with Crippen molar-refractivity contribution in [3.05, 3.63) is 59.3 Å². The second kappa shape index (κ2) is 8.44. The quantitative estimate of drug-likeness (QED) is 0.625. The second-order valence-corrected chi connectivity index (χ2v) is 8.32. The third-order valence-electron chi connectivity index (χ3n) is 6.64. The van der Waals surface area contributed by atoms with Gasteiger partial charge in [-0.05, 0) is 17.7 Å². The number of rotatable bonds is 6. The van der Waals surface area contributed by atoms with Crippen molar-refractivity contribution in [2.24, 2.45) is 0 Å². The van der Waals surface area contributed by atoms with Crippen molar-refractivity contribution in [3.8, 4) is 11.5 Å². The third kappa shape index (κ3) is 3.33. The molecule has 33 heavy (non-hydrogen) atoms. The molecule has 2 atom stereocenters. The Morgan fingerprint density at radius 3 is 2.61 bits per heavy atom. The van der Waals surface area contributed by atoms with Gasteiger partial charge >= 0.3 is 0 Å². The van der Waals surface area contributed by atoms with Gasteiger partial charge in [0.15, 0.2) is 11.5 Å². The molecule has 0 saturated carbocycles. The maximum atomic E-state index is 13.5. The van der Waals surface area contributed by atoms with E-state index >= 15 is 0 Å². The number of nitrogens with zero attached hydrogens (tertiary/aromatic N) is 2. The molecule has 3 aromatic rings. The summed E-state index contributed by atoms with van der Waals surface area (Å²) in [6.45, 7) is 0.799. The molecule has 2 unspecified atom stereocenters. The molecule has 3 heterocycles. The molecule has 5 rings (SSSR count). The lowest BCUT2D eigenvalue weighted by Gasteiger charge is -2.47. The molecule has 8 heteroatoms. The zero-order chi connectivity index (χ0) is 23.1. The highest BCUT2D eigenvalue weighted by atomic mass is 16.5. The van der Waals surface area contributed by atoms with Crippen LogP contribution >= 0.6 is 0 Å². The number of methoxy groups -OCH3 is 3. The van der Waals surface area contributed by atoms with Gasteiger partial charge in [-0.1, -0.05) is 30.3 Å². The Balaban J connectivity index is 1.71. The molecule has 0 bridgehead atoms. The Bertz CT molecular complexity index is 1220. The van der Waals surface area contributed by atoms with E-state index in [9.17, 15) is 9.59 Å². The summed E-state index contributed by atoms with van der Waals surface area (Å²) in [6.07, 6.45) is 0.455. The average molecular weight is 450 g/mol. The van der Waals surface area contributed by atoms with Crippen molar-refractivity contribution >= 4 is 22.7 Å². The topological polar surface area (TPSA) is 84.1 Å². The monoisotopic (exact) mass is 449 g/mol. The van der Waals surface area contributed by atoms with Gasteiger partial charge in [-0.2, -0.15) is 0 Å². The van der Waals surface area contributed by atoms with E-state index in [1.165, 1.54) is 0 Å². The van der Waals surface area contributed by atoms with Gasteiger partial charge in [-0.15, -0.1) is 0 Å². The number of carbonyl (C=O) groups is 2.